The fourth-order valence-corrected chi connectivity index (χ4v) is 5.16. The Balaban J connectivity index is 1.92. The van der Waals surface area contributed by atoms with Gasteiger partial charge in [0.05, 0.1) is 21.8 Å². The Labute approximate surface area is 215 Å². The summed E-state index contributed by atoms with van der Waals surface area (Å²) in [4.78, 5) is 26.6. The van der Waals surface area contributed by atoms with Crippen LogP contribution in [0.15, 0.2) is 82.6 Å². The summed E-state index contributed by atoms with van der Waals surface area (Å²) in [5.74, 6) is -1.69. The van der Waals surface area contributed by atoms with Crippen LogP contribution in [0.4, 0.5) is 15.8 Å². The summed E-state index contributed by atoms with van der Waals surface area (Å²) in [6, 6.07) is 17.6. The van der Waals surface area contributed by atoms with E-state index in [0.29, 0.717) is 0 Å². The molecule has 3 rings (SSSR count). The highest BCUT2D eigenvalue weighted by molar-refractivity contribution is 7.98. The number of amides is 2. The molecule has 1 unspecified atom stereocenters. The van der Waals surface area contributed by atoms with E-state index in [1.165, 1.54) is 42.1 Å². The number of benzene rings is 3. The lowest BCUT2D eigenvalue weighted by Crippen LogP contribution is -2.38. The summed E-state index contributed by atoms with van der Waals surface area (Å²) in [5.41, 5.74) is 0.491. The van der Waals surface area contributed by atoms with E-state index in [9.17, 15) is 22.4 Å². The van der Waals surface area contributed by atoms with Gasteiger partial charge in [-0.05, 0) is 74.2 Å². The Morgan fingerprint density at radius 2 is 1.72 bits per heavy atom. The van der Waals surface area contributed by atoms with Crippen LogP contribution in [0.25, 0.3) is 0 Å². The molecular formula is C26H28FN3O4S2. The van der Waals surface area contributed by atoms with Gasteiger partial charge < -0.3 is 10.6 Å². The lowest BCUT2D eigenvalue weighted by Gasteiger charge is -2.24. The zero-order chi connectivity index (χ0) is 26.3. The number of para-hydroxylation sites is 1. The summed E-state index contributed by atoms with van der Waals surface area (Å²) < 4.78 is 41.9. The van der Waals surface area contributed by atoms with Crippen molar-refractivity contribution < 1.29 is 22.4 Å². The highest BCUT2D eigenvalue weighted by Crippen LogP contribution is 2.26. The second-order valence-electron chi connectivity index (χ2n) is 8.04. The molecule has 0 saturated heterocycles. The number of carbonyl (C=O) groups is 2. The normalized spacial score (nSPS) is 12.0. The molecule has 0 aliphatic heterocycles. The van der Waals surface area contributed by atoms with Crippen molar-refractivity contribution in [1.29, 1.82) is 0 Å². The van der Waals surface area contributed by atoms with Crippen molar-refractivity contribution >= 4 is 45.0 Å². The minimum Gasteiger partial charge on any atom is -0.350 e. The summed E-state index contributed by atoms with van der Waals surface area (Å²) in [5, 5.41) is 5.48. The number of anilines is 2. The van der Waals surface area contributed by atoms with Gasteiger partial charge in [-0.15, -0.1) is 11.8 Å². The van der Waals surface area contributed by atoms with Gasteiger partial charge in [0.25, 0.3) is 15.9 Å². The third kappa shape index (κ3) is 6.64. The fraction of sp³-hybridized carbons (Fsp3) is 0.231. The molecule has 2 N–H and O–H groups in total. The summed E-state index contributed by atoms with van der Waals surface area (Å²) in [6.07, 6.45) is 2.60. The first-order chi connectivity index (χ1) is 17.1. The van der Waals surface area contributed by atoms with Crippen LogP contribution in [-0.2, 0) is 14.8 Å². The molecule has 0 bridgehead atoms. The minimum atomic E-state index is -4.21. The van der Waals surface area contributed by atoms with Crippen molar-refractivity contribution in [3.05, 3.63) is 84.2 Å². The molecule has 0 aliphatic rings. The third-order valence-electron chi connectivity index (χ3n) is 5.47. The average molecular weight is 530 g/mol. The fourth-order valence-electron chi connectivity index (χ4n) is 3.34. The van der Waals surface area contributed by atoms with Crippen LogP contribution in [0.5, 0.6) is 0 Å². The second-order valence-corrected chi connectivity index (χ2v) is 10.8. The highest BCUT2D eigenvalue weighted by Gasteiger charge is 2.28. The Hall–Kier alpha value is -3.37. The largest absolute Gasteiger partial charge is 0.350 e. The second kappa shape index (κ2) is 12.0. The molecule has 0 heterocycles. The maximum atomic E-state index is 14.0. The summed E-state index contributed by atoms with van der Waals surface area (Å²) in [6.45, 7) is 3.18. The standard InChI is InChI=1S/C26H28FN3O4S2/c1-4-18(2)28-26(32)23-10-5-6-11-24(23)29-25(31)17-30(20-9-7-8-19(27)16-20)36(33,34)22-14-12-21(35-3)13-15-22/h5-16,18H,4,17H2,1-3H3,(H,28,32)(H,29,31). The SMILES string of the molecule is CCC(C)NC(=O)c1ccccc1NC(=O)CN(c1cccc(F)c1)S(=O)(=O)c1ccc(SC)cc1. The van der Waals surface area contributed by atoms with Crippen LogP contribution < -0.4 is 14.9 Å². The average Bonchev–Trinajstić information content (AvgIpc) is 2.87. The zero-order valence-corrected chi connectivity index (χ0v) is 21.8. The van der Waals surface area contributed by atoms with Gasteiger partial charge in [0.1, 0.15) is 12.4 Å². The van der Waals surface area contributed by atoms with Crippen molar-refractivity contribution in [3.8, 4) is 0 Å². The summed E-state index contributed by atoms with van der Waals surface area (Å²) in [7, 11) is -4.21. The number of sulfonamides is 1. The van der Waals surface area contributed by atoms with Crippen LogP contribution in [-0.4, -0.2) is 39.1 Å². The number of carbonyl (C=O) groups excluding carboxylic acids is 2. The van der Waals surface area contributed by atoms with Gasteiger partial charge in [-0.2, -0.15) is 0 Å². The number of hydrogen-bond acceptors (Lipinski definition) is 5. The number of nitrogens with one attached hydrogen (secondary N) is 2. The molecule has 1 atom stereocenters. The van der Waals surface area contributed by atoms with Crippen molar-refractivity contribution in [2.45, 2.75) is 36.1 Å². The van der Waals surface area contributed by atoms with Crippen molar-refractivity contribution in [2.24, 2.45) is 0 Å². The van der Waals surface area contributed by atoms with E-state index in [2.05, 4.69) is 10.6 Å². The maximum absolute atomic E-state index is 14.0. The van der Waals surface area contributed by atoms with Crippen LogP contribution in [0.1, 0.15) is 30.6 Å². The van der Waals surface area contributed by atoms with E-state index < -0.39 is 28.3 Å². The number of rotatable bonds is 10. The lowest BCUT2D eigenvalue weighted by atomic mass is 10.1. The van der Waals surface area contributed by atoms with E-state index in [-0.39, 0.29) is 33.8 Å². The Morgan fingerprint density at radius 1 is 1.03 bits per heavy atom. The molecule has 0 aliphatic carbocycles. The molecule has 190 valence electrons. The number of thioether (sulfide) groups is 1. The Kier molecular flexibility index (Phi) is 9.11. The molecule has 10 heteroatoms. The van der Waals surface area contributed by atoms with Gasteiger partial charge in [-0.25, -0.2) is 12.8 Å². The van der Waals surface area contributed by atoms with Crippen LogP contribution in [0.2, 0.25) is 0 Å². The first-order valence-corrected chi connectivity index (χ1v) is 13.9. The minimum absolute atomic E-state index is 0.00175. The molecule has 2 amide bonds. The van der Waals surface area contributed by atoms with Crippen LogP contribution >= 0.6 is 11.8 Å². The molecule has 0 aromatic heterocycles. The molecule has 7 nitrogen and oxygen atoms in total. The van der Waals surface area contributed by atoms with Crippen molar-refractivity contribution in [1.82, 2.24) is 5.32 Å². The molecule has 3 aromatic rings. The molecule has 36 heavy (non-hydrogen) atoms. The smallest absolute Gasteiger partial charge is 0.264 e. The monoisotopic (exact) mass is 529 g/mol. The van der Waals surface area contributed by atoms with E-state index in [4.69, 9.17) is 0 Å². The molecule has 0 spiro atoms. The van der Waals surface area contributed by atoms with E-state index in [0.717, 1.165) is 21.7 Å². The number of halogens is 1. The van der Waals surface area contributed by atoms with Gasteiger partial charge in [-0.1, -0.05) is 25.1 Å². The Morgan fingerprint density at radius 3 is 2.36 bits per heavy atom. The van der Waals surface area contributed by atoms with Gasteiger partial charge in [0.2, 0.25) is 5.91 Å². The van der Waals surface area contributed by atoms with E-state index in [1.807, 2.05) is 20.1 Å². The molecule has 0 fully saturated rings. The molecular weight excluding hydrogens is 501 g/mol. The topological polar surface area (TPSA) is 95.6 Å². The molecule has 3 aromatic carbocycles. The van der Waals surface area contributed by atoms with Gasteiger partial charge >= 0.3 is 0 Å². The third-order valence-corrected chi connectivity index (χ3v) is 8.00. The van der Waals surface area contributed by atoms with Gasteiger partial charge in [-0.3, -0.25) is 13.9 Å². The predicted molar refractivity (Wildman–Crippen MR) is 141 cm³/mol. The molecule has 0 saturated carbocycles. The first-order valence-electron chi connectivity index (χ1n) is 11.3. The first kappa shape index (κ1) is 27.2. The van der Waals surface area contributed by atoms with Crippen molar-refractivity contribution in [2.75, 3.05) is 22.4 Å². The van der Waals surface area contributed by atoms with Gasteiger partial charge in [0, 0.05) is 10.9 Å². The lowest BCUT2D eigenvalue weighted by molar-refractivity contribution is -0.114. The number of nitrogens with zero attached hydrogens (tertiary/aromatic N) is 1. The maximum Gasteiger partial charge on any atom is 0.264 e. The van der Waals surface area contributed by atoms with Crippen LogP contribution in [0.3, 0.4) is 0 Å². The van der Waals surface area contributed by atoms with E-state index in [1.54, 1.807) is 36.4 Å². The Bertz CT molecular complexity index is 1330. The van der Waals surface area contributed by atoms with Gasteiger partial charge in [0.15, 0.2) is 0 Å². The molecule has 0 radical (unpaired) electrons. The van der Waals surface area contributed by atoms with Crippen LogP contribution in [0, 0.1) is 5.82 Å². The summed E-state index contributed by atoms with van der Waals surface area (Å²) >= 11 is 1.46. The van der Waals surface area contributed by atoms with E-state index >= 15 is 0 Å². The van der Waals surface area contributed by atoms with Crippen molar-refractivity contribution in [3.63, 3.8) is 0 Å². The number of hydrogen-bond donors (Lipinski definition) is 2. The highest BCUT2D eigenvalue weighted by atomic mass is 32.2. The predicted octanol–water partition coefficient (Wildman–Crippen LogP) is 4.91. The quantitative estimate of drug-likeness (QED) is 0.364. The zero-order valence-electron chi connectivity index (χ0n) is 20.2.